The number of amides is 2. The average Bonchev–Trinajstić information content (AvgIpc) is 3.24. The molecule has 1 aliphatic heterocycles. The Morgan fingerprint density at radius 3 is 2.69 bits per heavy atom. The van der Waals surface area contributed by atoms with Gasteiger partial charge in [0.1, 0.15) is 6.10 Å². The lowest BCUT2D eigenvalue weighted by Crippen LogP contribution is -2.34. The van der Waals surface area contributed by atoms with Gasteiger partial charge in [-0.05, 0) is 56.8 Å². The van der Waals surface area contributed by atoms with Gasteiger partial charge < -0.3 is 20.3 Å². The smallest absolute Gasteiger partial charge is 0.253 e. The fraction of sp³-hybridized carbons (Fsp3) is 0.364. The van der Waals surface area contributed by atoms with E-state index in [-0.39, 0.29) is 17.9 Å². The van der Waals surface area contributed by atoms with Gasteiger partial charge in [0.05, 0.1) is 6.04 Å². The Kier molecular flexibility index (Phi) is 7.25. The zero-order valence-electron chi connectivity index (χ0n) is 16.7. The summed E-state index contributed by atoms with van der Waals surface area (Å²) in [6, 6.07) is 14.4. The normalized spacial score (nSPS) is 17.2. The average molecular weight is 416 g/mol. The molecule has 0 aliphatic carbocycles. The second kappa shape index (κ2) is 9.87. The predicted molar refractivity (Wildman–Crippen MR) is 114 cm³/mol. The zero-order valence-corrected chi connectivity index (χ0v) is 17.4. The quantitative estimate of drug-likeness (QED) is 0.726. The first-order chi connectivity index (χ1) is 14.0. The molecular weight excluding hydrogens is 390 g/mol. The molecule has 6 nitrogen and oxygen atoms in total. The van der Waals surface area contributed by atoms with Crippen molar-refractivity contribution < 1.29 is 14.3 Å². The molecule has 0 aromatic heterocycles. The molecule has 154 valence electrons. The Balaban J connectivity index is 1.64. The van der Waals surface area contributed by atoms with Crippen LogP contribution in [0.4, 0.5) is 5.69 Å². The number of benzene rings is 2. The van der Waals surface area contributed by atoms with Crippen LogP contribution in [0.3, 0.4) is 0 Å². The molecule has 2 aromatic rings. The molecule has 3 rings (SSSR count). The lowest BCUT2D eigenvalue weighted by atomic mass is 10.1. The van der Waals surface area contributed by atoms with Gasteiger partial charge in [-0.1, -0.05) is 35.9 Å². The molecule has 1 aliphatic rings. The third-order valence-corrected chi connectivity index (χ3v) is 5.30. The summed E-state index contributed by atoms with van der Waals surface area (Å²) in [6.45, 7) is 1.01. The van der Waals surface area contributed by atoms with Crippen molar-refractivity contribution in [2.24, 2.45) is 0 Å². The van der Waals surface area contributed by atoms with E-state index < -0.39 is 6.10 Å². The van der Waals surface area contributed by atoms with Crippen LogP contribution in [0.1, 0.15) is 34.8 Å². The Hall–Kier alpha value is -2.41. The lowest BCUT2D eigenvalue weighted by molar-refractivity contribution is -0.124. The van der Waals surface area contributed by atoms with Crippen LogP contribution < -0.4 is 10.6 Å². The maximum absolute atomic E-state index is 12.7. The minimum Gasteiger partial charge on any atom is -0.368 e. The molecule has 2 N–H and O–H groups in total. The van der Waals surface area contributed by atoms with Gasteiger partial charge in [-0.2, -0.15) is 0 Å². The summed E-state index contributed by atoms with van der Waals surface area (Å²) in [5.74, 6) is -0.386. The third-order valence-electron chi connectivity index (χ3n) is 4.96. The van der Waals surface area contributed by atoms with Crippen LogP contribution in [0.2, 0.25) is 5.02 Å². The van der Waals surface area contributed by atoms with Crippen molar-refractivity contribution in [3.05, 3.63) is 64.7 Å². The maximum atomic E-state index is 12.7. The molecular formula is C22H26ClN3O3. The molecule has 2 unspecified atom stereocenters. The monoisotopic (exact) mass is 415 g/mol. The summed E-state index contributed by atoms with van der Waals surface area (Å²) in [4.78, 5) is 26.9. The van der Waals surface area contributed by atoms with Crippen molar-refractivity contribution in [3.63, 3.8) is 0 Å². The van der Waals surface area contributed by atoms with Crippen LogP contribution in [0.5, 0.6) is 0 Å². The Morgan fingerprint density at radius 1 is 1.21 bits per heavy atom. The van der Waals surface area contributed by atoms with Gasteiger partial charge in [-0.15, -0.1) is 0 Å². The summed E-state index contributed by atoms with van der Waals surface area (Å²) in [5.41, 5.74) is 2.01. The number of hydrogen-bond acceptors (Lipinski definition) is 4. The summed E-state index contributed by atoms with van der Waals surface area (Å²) in [6.07, 6.45) is 1.20. The number of ether oxygens (including phenoxy) is 1. The van der Waals surface area contributed by atoms with Crippen molar-refractivity contribution in [3.8, 4) is 0 Å². The topological polar surface area (TPSA) is 70.7 Å². The standard InChI is InChI=1S/C22H26ClN3O3/c1-26(2)19(17-9-3-4-10-18(17)23)14-24-21(27)15-7-5-8-16(13-15)25-22(28)20-11-6-12-29-20/h3-5,7-10,13,19-20H,6,11-12,14H2,1-2H3,(H,24,27)(H,25,28). The lowest BCUT2D eigenvalue weighted by Gasteiger charge is -2.26. The molecule has 1 heterocycles. The van der Waals surface area contributed by atoms with Gasteiger partial charge in [-0.3, -0.25) is 9.59 Å². The van der Waals surface area contributed by atoms with Gasteiger partial charge in [0.2, 0.25) is 0 Å². The molecule has 0 bridgehead atoms. The van der Waals surface area contributed by atoms with Crippen LogP contribution in [-0.4, -0.2) is 50.1 Å². The van der Waals surface area contributed by atoms with Crippen LogP contribution in [-0.2, 0) is 9.53 Å². The maximum Gasteiger partial charge on any atom is 0.253 e. The van der Waals surface area contributed by atoms with E-state index in [1.54, 1.807) is 24.3 Å². The van der Waals surface area contributed by atoms with E-state index in [4.69, 9.17) is 16.3 Å². The first kappa shape index (κ1) is 21.3. The van der Waals surface area contributed by atoms with Crippen LogP contribution in [0.15, 0.2) is 48.5 Å². The van der Waals surface area contributed by atoms with Gasteiger partial charge in [0.15, 0.2) is 0 Å². The minimum absolute atomic E-state index is 0.0601. The number of carbonyl (C=O) groups is 2. The van der Waals surface area contributed by atoms with E-state index >= 15 is 0 Å². The van der Waals surface area contributed by atoms with Gasteiger partial charge in [0, 0.05) is 29.4 Å². The number of hydrogen-bond donors (Lipinski definition) is 2. The summed E-state index contributed by atoms with van der Waals surface area (Å²) in [5, 5.41) is 6.46. The summed E-state index contributed by atoms with van der Waals surface area (Å²) < 4.78 is 5.40. The highest BCUT2D eigenvalue weighted by atomic mass is 35.5. The van der Waals surface area contributed by atoms with E-state index in [9.17, 15) is 9.59 Å². The molecule has 2 aromatic carbocycles. The van der Waals surface area contributed by atoms with Crippen LogP contribution in [0, 0.1) is 0 Å². The van der Waals surface area contributed by atoms with Crippen LogP contribution >= 0.6 is 11.6 Å². The highest BCUT2D eigenvalue weighted by Gasteiger charge is 2.24. The fourth-order valence-electron chi connectivity index (χ4n) is 3.35. The van der Waals surface area contributed by atoms with Crippen LogP contribution in [0.25, 0.3) is 0 Å². The van der Waals surface area contributed by atoms with E-state index in [2.05, 4.69) is 10.6 Å². The number of anilines is 1. The Bertz CT molecular complexity index is 866. The third kappa shape index (κ3) is 5.56. The first-order valence-electron chi connectivity index (χ1n) is 9.67. The second-order valence-electron chi connectivity index (χ2n) is 7.28. The molecule has 0 spiro atoms. The SMILES string of the molecule is CN(C)C(CNC(=O)c1cccc(NC(=O)C2CCCO2)c1)c1ccccc1Cl. The molecule has 7 heteroatoms. The molecule has 1 saturated heterocycles. The number of nitrogens with zero attached hydrogens (tertiary/aromatic N) is 1. The van der Waals surface area contributed by atoms with Gasteiger partial charge in [-0.25, -0.2) is 0 Å². The highest BCUT2D eigenvalue weighted by molar-refractivity contribution is 6.31. The molecule has 2 amide bonds. The number of rotatable bonds is 7. The molecule has 0 radical (unpaired) electrons. The van der Waals surface area contributed by atoms with Crippen molar-refractivity contribution in [2.45, 2.75) is 25.0 Å². The fourth-order valence-corrected chi connectivity index (χ4v) is 3.61. The summed E-state index contributed by atoms with van der Waals surface area (Å²) in [7, 11) is 3.89. The zero-order chi connectivity index (χ0) is 20.8. The number of likely N-dealkylation sites (N-methyl/N-ethyl adjacent to an activating group) is 1. The minimum atomic E-state index is -0.413. The number of nitrogens with one attached hydrogen (secondary N) is 2. The number of halogens is 1. The van der Waals surface area contributed by atoms with Crippen molar-refractivity contribution in [1.82, 2.24) is 10.2 Å². The van der Waals surface area contributed by atoms with E-state index in [1.165, 1.54) is 0 Å². The van der Waals surface area contributed by atoms with Crippen molar-refractivity contribution >= 4 is 29.1 Å². The van der Waals surface area contributed by atoms with Gasteiger partial charge >= 0.3 is 0 Å². The second-order valence-corrected chi connectivity index (χ2v) is 7.69. The number of carbonyl (C=O) groups excluding carboxylic acids is 2. The largest absolute Gasteiger partial charge is 0.368 e. The Morgan fingerprint density at radius 2 is 2.00 bits per heavy atom. The molecule has 1 fully saturated rings. The Labute approximate surface area is 176 Å². The van der Waals surface area contributed by atoms with E-state index in [1.807, 2.05) is 43.3 Å². The van der Waals surface area contributed by atoms with E-state index in [0.717, 1.165) is 18.4 Å². The van der Waals surface area contributed by atoms with Crippen molar-refractivity contribution in [2.75, 3.05) is 32.6 Å². The predicted octanol–water partition coefficient (Wildman–Crippen LogP) is 3.49. The first-order valence-corrected chi connectivity index (χ1v) is 10.0. The van der Waals surface area contributed by atoms with Gasteiger partial charge in [0.25, 0.3) is 11.8 Å². The molecule has 29 heavy (non-hydrogen) atoms. The molecule has 0 saturated carbocycles. The molecule has 2 atom stereocenters. The highest BCUT2D eigenvalue weighted by Crippen LogP contribution is 2.25. The van der Waals surface area contributed by atoms with Crippen molar-refractivity contribution in [1.29, 1.82) is 0 Å². The summed E-state index contributed by atoms with van der Waals surface area (Å²) >= 11 is 6.33. The van der Waals surface area contributed by atoms with E-state index in [0.29, 0.717) is 29.4 Å².